The summed E-state index contributed by atoms with van der Waals surface area (Å²) in [4.78, 5) is 38.1. The van der Waals surface area contributed by atoms with Crippen LogP contribution in [0.4, 0.5) is 0 Å². The smallest absolute Gasteiger partial charge is 0.273 e. The van der Waals surface area contributed by atoms with E-state index in [1.807, 2.05) is 48.5 Å². The molecular formula is C32H32N4O5S2. The number of carbonyl (C=O) groups excluding carboxylic acids is 1. The van der Waals surface area contributed by atoms with Gasteiger partial charge in [0.05, 0.1) is 31.9 Å². The van der Waals surface area contributed by atoms with Crippen LogP contribution in [0.5, 0.6) is 11.5 Å². The van der Waals surface area contributed by atoms with E-state index >= 15 is 0 Å². The Balaban J connectivity index is 1.15. The number of carbonyl (C=O) groups is 1. The maximum atomic E-state index is 13.9. The lowest BCUT2D eigenvalue weighted by molar-refractivity contribution is 0.0949. The molecule has 2 aromatic carbocycles. The van der Waals surface area contributed by atoms with E-state index in [0.717, 1.165) is 47.0 Å². The predicted octanol–water partition coefficient (Wildman–Crippen LogP) is 5.66. The number of rotatable bonds is 11. The lowest BCUT2D eigenvalue weighted by Crippen LogP contribution is -2.26. The fourth-order valence-electron chi connectivity index (χ4n) is 5.29. The monoisotopic (exact) mass is 616 g/mol. The van der Waals surface area contributed by atoms with Crippen molar-refractivity contribution in [3.05, 3.63) is 98.3 Å². The maximum absolute atomic E-state index is 13.9. The topological polar surface area (TPSA) is 108 Å². The molecule has 0 aliphatic heterocycles. The van der Waals surface area contributed by atoms with Crippen molar-refractivity contribution in [3.8, 4) is 11.5 Å². The highest BCUT2D eigenvalue weighted by Gasteiger charge is 2.23. The Kier molecular flexibility index (Phi) is 8.80. The number of hydrogen-bond donors (Lipinski definition) is 1. The first-order chi connectivity index (χ1) is 21.0. The van der Waals surface area contributed by atoms with Crippen molar-refractivity contribution in [2.75, 3.05) is 20.8 Å². The van der Waals surface area contributed by atoms with Crippen LogP contribution in [0, 0.1) is 0 Å². The fourth-order valence-corrected chi connectivity index (χ4v) is 7.44. The van der Waals surface area contributed by atoms with Gasteiger partial charge in [0.15, 0.2) is 22.3 Å². The van der Waals surface area contributed by atoms with Gasteiger partial charge in [-0.2, -0.15) is 0 Å². The fraction of sp³-hybridized carbons (Fsp3) is 0.312. The van der Waals surface area contributed by atoms with Gasteiger partial charge in [-0.1, -0.05) is 48.2 Å². The Morgan fingerprint density at radius 2 is 1.86 bits per heavy atom. The van der Waals surface area contributed by atoms with Gasteiger partial charge in [0.2, 0.25) is 5.89 Å². The van der Waals surface area contributed by atoms with Gasteiger partial charge in [-0.15, -0.1) is 11.3 Å². The zero-order chi connectivity index (χ0) is 29.8. The predicted molar refractivity (Wildman–Crippen MR) is 168 cm³/mol. The molecule has 0 atom stereocenters. The standard InChI is InChI=1S/C32H32N4O5S2/c1-39-24-13-12-20(16-25(24)40-2)14-15-33-29(37)23-18-41-27(34-23)19-42-32-35-30-28(22-10-6-7-11-26(22)43-30)31(38)36(32)17-21-8-4-3-5-9-21/h3-5,8-9,12-13,16,18H,6-7,10-11,14-15,17,19H2,1-2H3,(H,33,37). The summed E-state index contributed by atoms with van der Waals surface area (Å²) in [5.41, 5.74) is 3.42. The van der Waals surface area contributed by atoms with Crippen molar-refractivity contribution in [2.24, 2.45) is 0 Å². The number of ether oxygens (including phenoxy) is 2. The van der Waals surface area contributed by atoms with E-state index in [2.05, 4.69) is 10.3 Å². The van der Waals surface area contributed by atoms with Gasteiger partial charge in [0.25, 0.3) is 11.5 Å². The molecule has 0 spiro atoms. The number of amides is 1. The zero-order valence-corrected chi connectivity index (χ0v) is 25.7. The van der Waals surface area contributed by atoms with E-state index in [4.69, 9.17) is 18.9 Å². The number of thiophene rings is 1. The first-order valence-electron chi connectivity index (χ1n) is 14.2. The molecule has 1 aliphatic rings. The second-order valence-corrected chi connectivity index (χ2v) is 12.3. The molecule has 1 N–H and O–H groups in total. The number of benzene rings is 2. The molecule has 3 heterocycles. The first-order valence-corrected chi connectivity index (χ1v) is 16.0. The van der Waals surface area contributed by atoms with Crippen molar-refractivity contribution in [1.29, 1.82) is 0 Å². The third-order valence-corrected chi connectivity index (χ3v) is 9.63. The van der Waals surface area contributed by atoms with Crippen LogP contribution in [-0.4, -0.2) is 41.2 Å². The number of nitrogens with one attached hydrogen (secondary N) is 1. The van der Waals surface area contributed by atoms with Gasteiger partial charge >= 0.3 is 0 Å². The van der Waals surface area contributed by atoms with Gasteiger partial charge in [-0.3, -0.25) is 14.2 Å². The van der Waals surface area contributed by atoms with Gasteiger partial charge in [-0.05, 0) is 60.9 Å². The molecule has 6 rings (SSSR count). The molecule has 5 aromatic rings. The average molecular weight is 617 g/mol. The van der Waals surface area contributed by atoms with Gasteiger partial charge < -0.3 is 19.2 Å². The largest absolute Gasteiger partial charge is 0.493 e. The number of fused-ring (bicyclic) bond motifs is 3. The third-order valence-electron chi connectivity index (χ3n) is 7.48. The van der Waals surface area contributed by atoms with Crippen molar-refractivity contribution in [1.82, 2.24) is 19.9 Å². The molecule has 1 amide bonds. The molecule has 0 saturated heterocycles. The molecule has 0 fully saturated rings. The Bertz CT molecular complexity index is 1810. The van der Waals surface area contributed by atoms with Gasteiger partial charge in [0.1, 0.15) is 11.1 Å². The van der Waals surface area contributed by atoms with Crippen LogP contribution in [0.3, 0.4) is 0 Å². The molecule has 222 valence electrons. The molecule has 1 aliphatic carbocycles. The molecule has 0 bridgehead atoms. The van der Waals surface area contributed by atoms with Crippen LogP contribution in [0.1, 0.15) is 50.8 Å². The summed E-state index contributed by atoms with van der Waals surface area (Å²) in [5.74, 6) is 1.71. The molecule has 11 heteroatoms. The molecule has 0 unspecified atom stereocenters. The zero-order valence-electron chi connectivity index (χ0n) is 24.1. The van der Waals surface area contributed by atoms with E-state index < -0.39 is 0 Å². The molecule has 0 radical (unpaired) electrons. The van der Waals surface area contributed by atoms with E-state index in [-0.39, 0.29) is 17.2 Å². The number of thioether (sulfide) groups is 1. The van der Waals surface area contributed by atoms with Crippen LogP contribution < -0.4 is 20.3 Å². The van der Waals surface area contributed by atoms with Gasteiger partial charge in [0, 0.05) is 11.4 Å². The third kappa shape index (κ3) is 6.33. The lowest BCUT2D eigenvalue weighted by Gasteiger charge is -2.13. The molecule has 9 nitrogen and oxygen atoms in total. The molecule has 43 heavy (non-hydrogen) atoms. The normalized spacial score (nSPS) is 12.7. The summed E-state index contributed by atoms with van der Waals surface area (Å²) in [7, 11) is 3.19. The number of hydrogen-bond acceptors (Lipinski definition) is 9. The highest BCUT2D eigenvalue weighted by Crippen LogP contribution is 2.35. The summed E-state index contributed by atoms with van der Waals surface area (Å²) in [5, 5.41) is 4.27. The Hall–Kier alpha value is -4.09. The highest BCUT2D eigenvalue weighted by molar-refractivity contribution is 7.98. The Morgan fingerprint density at radius 1 is 1.05 bits per heavy atom. The highest BCUT2D eigenvalue weighted by atomic mass is 32.2. The van der Waals surface area contributed by atoms with Crippen LogP contribution in [-0.2, 0) is 31.6 Å². The molecular weight excluding hydrogens is 585 g/mol. The van der Waals surface area contributed by atoms with Crippen molar-refractivity contribution in [2.45, 2.75) is 49.6 Å². The van der Waals surface area contributed by atoms with Crippen LogP contribution in [0.15, 0.2) is 69.2 Å². The summed E-state index contributed by atoms with van der Waals surface area (Å²) in [6.45, 7) is 0.848. The lowest BCUT2D eigenvalue weighted by atomic mass is 9.97. The Labute approximate surface area is 257 Å². The second kappa shape index (κ2) is 13.0. The minimum atomic E-state index is -0.315. The number of oxazole rings is 1. The van der Waals surface area contributed by atoms with E-state index in [1.54, 1.807) is 30.1 Å². The maximum Gasteiger partial charge on any atom is 0.273 e. The van der Waals surface area contributed by atoms with Crippen LogP contribution in [0.2, 0.25) is 0 Å². The Morgan fingerprint density at radius 3 is 2.67 bits per heavy atom. The second-order valence-electron chi connectivity index (χ2n) is 10.3. The minimum absolute atomic E-state index is 0.00213. The number of aryl methyl sites for hydroxylation is 2. The summed E-state index contributed by atoms with van der Waals surface area (Å²) in [6.07, 6.45) is 6.17. The van der Waals surface area contributed by atoms with Gasteiger partial charge in [-0.25, -0.2) is 9.97 Å². The van der Waals surface area contributed by atoms with E-state index in [0.29, 0.717) is 47.8 Å². The van der Waals surface area contributed by atoms with Crippen molar-refractivity contribution in [3.63, 3.8) is 0 Å². The van der Waals surface area contributed by atoms with Crippen molar-refractivity contribution >= 4 is 39.2 Å². The molecule has 3 aromatic heterocycles. The van der Waals surface area contributed by atoms with Crippen molar-refractivity contribution < 1.29 is 18.7 Å². The molecule has 0 saturated carbocycles. The SMILES string of the molecule is COc1ccc(CCNC(=O)c2coc(CSc3nc4sc5c(c4c(=O)n3Cc3ccccc3)CCCC5)n2)cc1OC. The number of aromatic nitrogens is 3. The van der Waals surface area contributed by atoms with Crippen LogP contribution in [0.25, 0.3) is 10.2 Å². The summed E-state index contributed by atoms with van der Waals surface area (Å²) >= 11 is 3.03. The first kappa shape index (κ1) is 29.0. The number of nitrogens with zero attached hydrogens (tertiary/aromatic N) is 3. The average Bonchev–Trinajstić information content (AvgIpc) is 3.67. The summed E-state index contributed by atoms with van der Waals surface area (Å²) < 4.78 is 18.0. The summed E-state index contributed by atoms with van der Waals surface area (Å²) in [6, 6.07) is 15.6. The quantitative estimate of drug-likeness (QED) is 0.150. The van der Waals surface area contributed by atoms with E-state index in [1.165, 1.54) is 28.5 Å². The van der Waals surface area contributed by atoms with E-state index in [9.17, 15) is 9.59 Å². The van der Waals surface area contributed by atoms with Crippen LogP contribution >= 0.6 is 23.1 Å². The minimum Gasteiger partial charge on any atom is -0.493 e. The number of methoxy groups -OCH3 is 2.